The number of nitrogen functional groups attached to an aromatic ring is 1. The number of rotatable bonds is 7. The first-order valence-electron chi connectivity index (χ1n) is 10.0. The summed E-state index contributed by atoms with van der Waals surface area (Å²) in [5, 5.41) is 11.2. The maximum Gasteiger partial charge on any atom is 0.190 e. The van der Waals surface area contributed by atoms with E-state index >= 15 is 0 Å². The van der Waals surface area contributed by atoms with Crippen LogP contribution in [0.5, 0.6) is 5.75 Å². The number of thioether (sulfide) groups is 1. The highest BCUT2D eigenvalue weighted by molar-refractivity contribution is 7.99. The molecular formula is C24H18ClN5O2S2. The van der Waals surface area contributed by atoms with Gasteiger partial charge in [-0.3, -0.25) is 4.79 Å². The van der Waals surface area contributed by atoms with Crippen LogP contribution in [-0.2, 0) is 0 Å². The zero-order valence-corrected chi connectivity index (χ0v) is 20.6. The van der Waals surface area contributed by atoms with Crippen LogP contribution in [0.1, 0.15) is 20.9 Å². The molecule has 0 saturated carbocycles. The Bertz CT molecular complexity index is 1400. The number of carbonyl (C=O) groups is 1. The predicted molar refractivity (Wildman–Crippen MR) is 135 cm³/mol. The number of aromatic nitrogens is 3. The molecule has 2 aromatic carbocycles. The van der Waals surface area contributed by atoms with Crippen molar-refractivity contribution in [1.82, 2.24) is 15.0 Å². The number of carbonyl (C=O) groups excluding carboxylic acids is 1. The van der Waals surface area contributed by atoms with Crippen molar-refractivity contribution in [2.45, 2.75) is 12.1 Å². The molecule has 0 aliphatic heterocycles. The number of Topliss-reactive ketones (excluding diaryl/α,β-unsaturated/α-hetero) is 1. The minimum Gasteiger partial charge on any atom is -0.497 e. The second kappa shape index (κ2) is 10.2. The number of ketones is 1. The Balaban J connectivity index is 1.54. The maximum absolute atomic E-state index is 13.0. The first-order valence-corrected chi connectivity index (χ1v) is 12.2. The second-order valence-corrected chi connectivity index (χ2v) is 9.49. The van der Waals surface area contributed by atoms with Crippen molar-refractivity contribution < 1.29 is 9.53 Å². The van der Waals surface area contributed by atoms with Crippen LogP contribution in [0.2, 0.25) is 5.02 Å². The van der Waals surface area contributed by atoms with Gasteiger partial charge >= 0.3 is 0 Å². The Morgan fingerprint density at radius 3 is 2.44 bits per heavy atom. The number of nitrogens with two attached hydrogens (primary N) is 1. The van der Waals surface area contributed by atoms with E-state index in [1.807, 2.05) is 31.2 Å². The van der Waals surface area contributed by atoms with Gasteiger partial charge in [0.15, 0.2) is 10.9 Å². The van der Waals surface area contributed by atoms with E-state index in [1.54, 1.807) is 31.4 Å². The average Bonchev–Trinajstić information content (AvgIpc) is 3.24. The molecule has 0 spiro atoms. The Labute approximate surface area is 209 Å². The fraction of sp³-hybridized carbons (Fsp3) is 0.125. The highest BCUT2D eigenvalue weighted by atomic mass is 35.5. The smallest absolute Gasteiger partial charge is 0.190 e. The summed E-state index contributed by atoms with van der Waals surface area (Å²) >= 11 is 8.48. The van der Waals surface area contributed by atoms with Crippen LogP contribution in [0.25, 0.3) is 21.8 Å². The molecule has 170 valence electrons. The lowest BCUT2D eigenvalue weighted by atomic mass is 10.1. The molecule has 10 heteroatoms. The lowest BCUT2D eigenvalue weighted by Gasteiger charge is -2.08. The van der Waals surface area contributed by atoms with Gasteiger partial charge in [0, 0.05) is 16.1 Å². The normalized spacial score (nSPS) is 10.6. The van der Waals surface area contributed by atoms with Crippen LogP contribution in [0.15, 0.2) is 53.7 Å². The number of thiazole rings is 1. The number of halogens is 1. The average molecular weight is 508 g/mol. The third-order valence-corrected chi connectivity index (χ3v) is 7.21. The van der Waals surface area contributed by atoms with Crippen molar-refractivity contribution in [3.05, 3.63) is 69.7 Å². The molecule has 34 heavy (non-hydrogen) atoms. The fourth-order valence-corrected chi connectivity index (χ4v) is 5.11. The van der Waals surface area contributed by atoms with E-state index in [-0.39, 0.29) is 22.9 Å². The molecule has 4 aromatic rings. The lowest BCUT2D eigenvalue weighted by Crippen LogP contribution is -2.06. The molecule has 7 nitrogen and oxygen atoms in total. The van der Waals surface area contributed by atoms with Crippen LogP contribution >= 0.6 is 34.7 Å². The van der Waals surface area contributed by atoms with E-state index < -0.39 is 0 Å². The second-order valence-electron chi connectivity index (χ2n) is 7.11. The van der Waals surface area contributed by atoms with Crippen molar-refractivity contribution >= 4 is 46.3 Å². The van der Waals surface area contributed by atoms with E-state index in [2.05, 4.69) is 21.0 Å². The summed E-state index contributed by atoms with van der Waals surface area (Å²) in [6.07, 6.45) is 0. The van der Waals surface area contributed by atoms with Gasteiger partial charge in [0.1, 0.15) is 28.2 Å². The van der Waals surface area contributed by atoms with Crippen LogP contribution in [0, 0.1) is 18.3 Å². The molecular weight excluding hydrogens is 490 g/mol. The van der Waals surface area contributed by atoms with E-state index in [1.165, 1.54) is 11.3 Å². The predicted octanol–water partition coefficient (Wildman–Crippen LogP) is 5.67. The van der Waals surface area contributed by atoms with Gasteiger partial charge in [-0.2, -0.15) is 5.26 Å². The molecule has 2 aromatic heterocycles. The highest BCUT2D eigenvalue weighted by Crippen LogP contribution is 2.32. The number of benzene rings is 2. The van der Waals surface area contributed by atoms with Gasteiger partial charge in [-0.05, 0) is 43.3 Å². The van der Waals surface area contributed by atoms with Gasteiger partial charge in [0.2, 0.25) is 0 Å². The minimum atomic E-state index is -0.0839. The first kappa shape index (κ1) is 23.7. The van der Waals surface area contributed by atoms with Gasteiger partial charge in [0.25, 0.3) is 0 Å². The Morgan fingerprint density at radius 2 is 1.79 bits per heavy atom. The number of nitrogens with zero attached hydrogens (tertiary/aromatic N) is 4. The Morgan fingerprint density at radius 1 is 1.12 bits per heavy atom. The van der Waals surface area contributed by atoms with Crippen LogP contribution in [-0.4, -0.2) is 33.6 Å². The number of hydrogen-bond acceptors (Lipinski definition) is 9. The van der Waals surface area contributed by atoms with E-state index in [0.717, 1.165) is 28.1 Å². The summed E-state index contributed by atoms with van der Waals surface area (Å²) in [6.45, 7) is 1.82. The van der Waals surface area contributed by atoms with Crippen molar-refractivity contribution in [1.29, 1.82) is 5.26 Å². The van der Waals surface area contributed by atoms with Crippen LogP contribution in [0.4, 0.5) is 5.82 Å². The van der Waals surface area contributed by atoms with E-state index in [0.29, 0.717) is 32.0 Å². The molecule has 2 N–H and O–H groups in total. The largest absolute Gasteiger partial charge is 0.497 e. The van der Waals surface area contributed by atoms with Crippen molar-refractivity contribution in [3.63, 3.8) is 0 Å². The summed E-state index contributed by atoms with van der Waals surface area (Å²) in [7, 11) is 1.61. The van der Waals surface area contributed by atoms with Gasteiger partial charge in [-0.25, -0.2) is 15.0 Å². The molecule has 0 radical (unpaired) electrons. The molecule has 0 saturated heterocycles. The highest BCUT2D eigenvalue weighted by Gasteiger charge is 2.19. The molecule has 0 unspecified atom stereocenters. The summed E-state index contributed by atoms with van der Waals surface area (Å²) < 4.78 is 5.19. The van der Waals surface area contributed by atoms with Crippen LogP contribution in [0.3, 0.4) is 0 Å². The van der Waals surface area contributed by atoms with Crippen molar-refractivity contribution in [2.24, 2.45) is 0 Å². The third-order valence-electron chi connectivity index (χ3n) is 4.87. The van der Waals surface area contributed by atoms with E-state index in [9.17, 15) is 10.1 Å². The Kier molecular flexibility index (Phi) is 7.12. The number of nitriles is 1. The molecule has 4 rings (SSSR count). The molecule has 2 heterocycles. The zero-order chi connectivity index (χ0) is 24.2. The summed E-state index contributed by atoms with van der Waals surface area (Å²) in [4.78, 5) is 26.8. The molecule has 0 atom stereocenters. The number of ether oxygens (including phenoxy) is 1. The number of methoxy groups -OCH3 is 1. The summed E-state index contributed by atoms with van der Waals surface area (Å²) in [6, 6.07) is 16.5. The molecule has 0 amide bonds. The van der Waals surface area contributed by atoms with Gasteiger partial charge in [0.05, 0.1) is 29.1 Å². The standard InChI is InChI=1S/C24H18ClN5O2S2/c1-13-21(34-23(28-13)15-5-9-17(32-2)10-6-15)19(31)12-33-24-29-20(18(11-26)22(27)30-24)14-3-7-16(25)8-4-14/h3-10H,12H2,1-2H3,(H2,27,29,30). The number of aryl methyl sites for hydroxylation is 1. The van der Waals surface area contributed by atoms with E-state index in [4.69, 9.17) is 22.1 Å². The van der Waals surface area contributed by atoms with Crippen molar-refractivity contribution in [2.75, 3.05) is 18.6 Å². The Hall–Kier alpha value is -3.45. The zero-order valence-electron chi connectivity index (χ0n) is 18.2. The SMILES string of the molecule is COc1ccc(-c2nc(C)c(C(=O)CSc3nc(N)c(C#N)c(-c4ccc(Cl)cc4)n3)s2)cc1. The number of hydrogen-bond donors (Lipinski definition) is 1. The quantitative estimate of drug-likeness (QED) is 0.193. The number of anilines is 1. The maximum atomic E-state index is 13.0. The minimum absolute atomic E-state index is 0.0631. The molecule has 0 fully saturated rings. The summed E-state index contributed by atoms with van der Waals surface area (Å²) in [5.41, 5.74) is 8.87. The molecule has 0 bridgehead atoms. The summed E-state index contributed by atoms with van der Waals surface area (Å²) in [5.74, 6) is 0.841. The third kappa shape index (κ3) is 5.04. The molecule has 0 aliphatic carbocycles. The fourth-order valence-electron chi connectivity index (χ4n) is 3.16. The lowest BCUT2D eigenvalue weighted by molar-refractivity contribution is 0.102. The monoisotopic (exact) mass is 507 g/mol. The topological polar surface area (TPSA) is 115 Å². The first-order chi connectivity index (χ1) is 16.4. The molecule has 0 aliphatic rings. The van der Waals surface area contributed by atoms with Gasteiger partial charge in [-0.1, -0.05) is 35.5 Å². The van der Waals surface area contributed by atoms with Gasteiger partial charge < -0.3 is 10.5 Å². The van der Waals surface area contributed by atoms with Crippen molar-refractivity contribution in [3.8, 4) is 33.6 Å². The van der Waals surface area contributed by atoms with Gasteiger partial charge in [-0.15, -0.1) is 11.3 Å². The van der Waals surface area contributed by atoms with Crippen LogP contribution < -0.4 is 10.5 Å².